The molecule has 7 heteroatoms. The molecule has 1 spiro atoms. The second kappa shape index (κ2) is 9.12. The molecule has 0 aromatic heterocycles. The molecule has 0 saturated carbocycles. The molecule has 3 saturated heterocycles. The maximum atomic E-state index is 13.8. The third-order valence-electron chi connectivity index (χ3n) is 7.44. The SMILES string of the molecule is CC1CCN(C(=O)CN2CN(c3ccccc3)C3(CCN(C(=O)C(C)C)CC3)C2=O)CC1. The highest BCUT2D eigenvalue weighted by atomic mass is 16.2. The Labute approximate surface area is 191 Å². The van der Waals surface area contributed by atoms with Crippen molar-refractivity contribution in [3.63, 3.8) is 0 Å². The van der Waals surface area contributed by atoms with Crippen LogP contribution in [0.5, 0.6) is 0 Å². The predicted octanol–water partition coefficient (Wildman–Crippen LogP) is 2.57. The van der Waals surface area contributed by atoms with Crippen molar-refractivity contribution in [3.05, 3.63) is 30.3 Å². The van der Waals surface area contributed by atoms with Crippen LogP contribution in [0.15, 0.2) is 30.3 Å². The van der Waals surface area contributed by atoms with Crippen LogP contribution in [-0.2, 0) is 14.4 Å². The summed E-state index contributed by atoms with van der Waals surface area (Å²) >= 11 is 0. The summed E-state index contributed by atoms with van der Waals surface area (Å²) in [6.45, 7) is 9.30. The maximum Gasteiger partial charge on any atom is 0.250 e. The average Bonchev–Trinajstić information content (AvgIpc) is 3.06. The normalized spacial score (nSPS) is 21.7. The molecule has 0 radical (unpaired) electrons. The minimum Gasteiger partial charge on any atom is -0.342 e. The molecule has 0 unspecified atom stereocenters. The first-order valence-corrected chi connectivity index (χ1v) is 12.0. The van der Waals surface area contributed by atoms with E-state index in [-0.39, 0.29) is 30.2 Å². The molecule has 0 N–H and O–H groups in total. The van der Waals surface area contributed by atoms with Gasteiger partial charge in [0.2, 0.25) is 11.8 Å². The number of nitrogens with zero attached hydrogens (tertiary/aromatic N) is 4. The molecule has 1 aromatic rings. The van der Waals surface area contributed by atoms with Gasteiger partial charge in [-0.05, 0) is 43.7 Å². The van der Waals surface area contributed by atoms with Crippen LogP contribution in [-0.4, -0.2) is 77.4 Å². The quantitative estimate of drug-likeness (QED) is 0.722. The fraction of sp³-hybridized carbons (Fsp3) is 0.640. The van der Waals surface area contributed by atoms with E-state index in [9.17, 15) is 14.4 Å². The van der Waals surface area contributed by atoms with E-state index in [1.807, 2.05) is 54.0 Å². The van der Waals surface area contributed by atoms with Gasteiger partial charge in [-0.1, -0.05) is 39.0 Å². The van der Waals surface area contributed by atoms with E-state index in [2.05, 4.69) is 11.8 Å². The van der Waals surface area contributed by atoms with Gasteiger partial charge in [0.25, 0.3) is 5.91 Å². The number of para-hydroxylation sites is 1. The van der Waals surface area contributed by atoms with Crippen molar-refractivity contribution >= 4 is 23.4 Å². The second-order valence-corrected chi connectivity index (χ2v) is 9.98. The highest BCUT2D eigenvalue weighted by Gasteiger charge is 2.54. The van der Waals surface area contributed by atoms with Crippen LogP contribution in [0.25, 0.3) is 0 Å². The van der Waals surface area contributed by atoms with E-state index in [4.69, 9.17) is 0 Å². The predicted molar refractivity (Wildman–Crippen MR) is 124 cm³/mol. The Balaban J connectivity index is 1.52. The first-order chi connectivity index (χ1) is 15.3. The second-order valence-electron chi connectivity index (χ2n) is 9.98. The van der Waals surface area contributed by atoms with Crippen LogP contribution in [0.4, 0.5) is 5.69 Å². The van der Waals surface area contributed by atoms with Crippen molar-refractivity contribution in [2.45, 2.75) is 52.0 Å². The zero-order chi connectivity index (χ0) is 22.9. The van der Waals surface area contributed by atoms with Crippen molar-refractivity contribution in [1.82, 2.24) is 14.7 Å². The molecule has 0 atom stereocenters. The lowest BCUT2D eigenvalue weighted by Crippen LogP contribution is -2.58. The summed E-state index contributed by atoms with van der Waals surface area (Å²) in [4.78, 5) is 47.0. The van der Waals surface area contributed by atoms with Gasteiger partial charge in [0, 0.05) is 37.8 Å². The zero-order valence-electron chi connectivity index (χ0n) is 19.6. The Morgan fingerprint density at radius 1 is 1.00 bits per heavy atom. The van der Waals surface area contributed by atoms with Gasteiger partial charge in [0.05, 0.1) is 6.67 Å². The molecular formula is C25H36N4O3. The molecule has 1 aromatic carbocycles. The monoisotopic (exact) mass is 440 g/mol. The Morgan fingerprint density at radius 3 is 2.22 bits per heavy atom. The van der Waals surface area contributed by atoms with Gasteiger partial charge in [-0.25, -0.2) is 0 Å². The summed E-state index contributed by atoms with van der Waals surface area (Å²) in [5, 5.41) is 0. The molecule has 3 heterocycles. The van der Waals surface area contributed by atoms with Gasteiger partial charge in [0.15, 0.2) is 0 Å². The largest absolute Gasteiger partial charge is 0.342 e. The molecule has 0 aliphatic carbocycles. The molecule has 3 aliphatic rings. The van der Waals surface area contributed by atoms with E-state index < -0.39 is 5.54 Å². The summed E-state index contributed by atoms with van der Waals surface area (Å²) in [6, 6.07) is 9.98. The van der Waals surface area contributed by atoms with E-state index in [1.165, 1.54) is 0 Å². The molecular weight excluding hydrogens is 404 g/mol. The standard InChI is InChI=1S/C25H36N4O3/c1-19(2)23(31)27-15-11-25(12-16-27)24(32)28(18-29(25)21-7-5-4-6-8-21)17-22(30)26-13-9-20(3)10-14-26/h4-8,19-20H,9-18H2,1-3H3. The third kappa shape index (κ3) is 4.21. The van der Waals surface area contributed by atoms with E-state index >= 15 is 0 Å². The molecule has 3 amide bonds. The van der Waals surface area contributed by atoms with Crippen molar-refractivity contribution in [1.29, 1.82) is 0 Å². The zero-order valence-corrected chi connectivity index (χ0v) is 19.6. The molecule has 0 bridgehead atoms. The lowest BCUT2D eigenvalue weighted by atomic mass is 9.85. The fourth-order valence-electron chi connectivity index (χ4n) is 5.31. The first kappa shape index (κ1) is 22.6. The van der Waals surface area contributed by atoms with Gasteiger partial charge in [-0.15, -0.1) is 0 Å². The van der Waals surface area contributed by atoms with Gasteiger partial charge in [0.1, 0.15) is 12.1 Å². The third-order valence-corrected chi connectivity index (χ3v) is 7.44. The number of likely N-dealkylation sites (tertiary alicyclic amines) is 2. The van der Waals surface area contributed by atoms with Gasteiger partial charge >= 0.3 is 0 Å². The summed E-state index contributed by atoms with van der Waals surface area (Å²) in [5.74, 6) is 0.820. The number of piperidine rings is 2. The van der Waals surface area contributed by atoms with E-state index in [1.54, 1.807) is 4.90 Å². The Morgan fingerprint density at radius 2 is 1.62 bits per heavy atom. The average molecular weight is 441 g/mol. The van der Waals surface area contributed by atoms with E-state index in [0.717, 1.165) is 31.6 Å². The summed E-state index contributed by atoms with van der Waals surface area (Å²) < 4.78 is 0. The van der Waals surface area contributed by atoms with Gasteiger partial charge in [-0.2, -0.15) is 0 Å². The molecule has 3 aliphatic heterocycles. The van der Waals surface area contributed by atoms with Crippen LogP contribution < -0.4 is 4.90 Å². The topological polar surface area (TPSA) is 64.2 Å². The lowest BCUT2D eigenvalue weighted by Gasteiger charge is -2.43. The van der Waals surface area contributed by atoms with Crippen LogP contribution in [0.2, 0.25) is 0 Å². The Hall–Kier alpha value is -2.57. The van der Waals surface area contributed by atoms with Crippen LogP contribution in [0.1, 0.15) is 46.5 Å². The number of carbonyl (C=O) groups excluding carboxylic acids is 3. The number of amides is 3. The number of carbonyl (C=O) groups is 3. The minimum atomic E-state index is -0.689. The van der Waals surface area contributed by atoms with Crippen molar-refractivity contribution in [2.24, 2.45) is 11.8 Å². The lowest BCUT2D eigenvalue weighted by molar-refractivity contribution is -0.143. The van der Waals surface area contributed by atoms with Crippen molar-refractivity contribution in [2.75, 3.05) is 44.3 Å². The van der Waals surface area contributed by atoms with Crippen LogP contribution in [0.3, 0.4) is 0 Å². The number of hydrogen-bond acceptors (Lipinski definition) is 4. The van der Waals surface area contributed by atoms with Crippen LogP contribution in [0, 0.1) is 11.8 Å². The highest BCUT2D eigenvalue weighted by molar-refractivity contribution is 5.96. The number of benzene rings is 1. The number of hydrogen-bond donors (Lipinski definition) is 0. The molecule has 3 fully saturated rings. The molecule has 4 rings (SSSR count). The van der Waals surface area contributed by atoms with Crippen LogP contribution >= 0.6 is 0 Å². The van der Waals surface area contributed by atoms with E-state index in [0.29, 0.717) is 38.5 Å². The summed E-state index contributed by atoms with van der Waals surface area (Å²) in [5.41, 5.74) is 0.303. The highest BCUT2D eigenvalue weighted by Crippen LogP contribution is 2.39. The summed E-state index contributed by atoms with van der Waals surface area (Å²) in [6.07, 6.45) is 3.23. The maximum absolute atomic E-state index is 13.8. The van der Waals surface area contributed by atoms with Crippen molar-refractivity contribution in [3.8, 4) is 0 Å². The smallest absolute Gasteiger partial charge is 0.250 e. The van der Waals surface area contributed by atoms with Crippen molar-refractivity contribution < 1.29 is 14.4 Å². The number of rotatable bonds is 4. The molecule has 174 valence electrons. The first-order valence-electron chi connectivity index (χ1n) is 12.0. The Kier molecular flexibility index (Phi) is 6.45. The molecule has 32 heavy (non-hydrogen) atoms. The minimum absolute atomic E-state index is 0.0247. The van der Waals surface area contributed by atoms with Gasteiger partial charge < -0.3 is 19.6 Å². The van der Waals surface area contributed by atoms with Gasteiger partial charge in [-0.3, -0.25) is 14.4 Å². The number of anilines is 1. The molecule has 7 nitrogen and oxygen atoms in total. The fourth-order valence-corrected chi connectivity index (χ4v) is 5.31. The Bertz CT molecular complexity index is 840. The summed E-state index contributed by atoms with van der Waals surface area (Å²) in [7, 11) is 0.